The van der Waals surface area contributed by atoms with Crippen LogP contribution >= 0.6 is 0 Å². The van der Waals surface area contributed by atoms with E-state index in [1.54, 1.807) is 12.5 Å². The lowest BCUT2D eigenvalue weighted by Gasteiger charge is -2.22. The van der Waals surface area contributed by atoms with Crippen LogP contribution in [0.25, 0.3) is 0 Å². The van der Waals surface area contributed by atoms with Crippen molar-refractivity contribution in [3.8, 4) is 0 Å². The van der Waals surface area contributed by atoms with Crippen LogP contribution in [-0.4, -0.2) is 33.9 Å². The fraction of sp³-hybridized carbons (Fsp3) is 0.556. The molecule has 5 nitrogen and oxygen atoms in total. The molecule has 0 aliphatic carbocycles. The molecule has 0 saturated carbocycles. The summed E-state index contributed by atoms with van der Waals surface area (Å²) in [5.74, 6) is 0.159. The van der Waals surface area contributed by atoms with Crippen molar-refractivity contribution in [1.82, 2.24) is 20.2 Å². The van der Waals surface area contributed by atoms with E-state index < -0.39 is 0 Å². The summed E-state index contributed by atoms with van der Waals surface area (Å²) in [6.07, 6.45) is 4.32. The van der Waals surface area contributed by atoms with E-state index in [1.165, 1.54) is 0 Å². The van der Waals surface area contributed by atoms with Crippen LogP contribution in [-0.2, 0) is 4.79 Å². The van der Waals surface area contributed by atoms with Crippen LogP contribution < -0.4 is 5.32 Å². The lowest BCUT2D eigenvalue weighted by Crippen LogP contribution is -2.31. The van der Waals surface area contributed by atoms with E-state index in [1.807, 2.05) is 4.90 Å². The van der Waals surface area contributed by atoms with Gasteiger partial charge in [0.05, 0.1) is 24.8 Å². The third-order valence-corrected chi connectivity index (χ3v) is 2.36. The molecule has 2 rings (SSSR count). The van der Waals surface area contributed by atoms with Crippen molar-refractivity contribution in [1.29, 1.82) is 0 Å². The number of aromatic amines is 1. The van der Waals surface area contributed by atoms with E-state index in [9.17, 15) is 4.79 Å². The van der Waals surface area contributed by atoms with Gasteiger partial charge in [0.15, 0.2) is 0 Å². The highest BCUT2D eigenvalue weighted by Crippen LogP contribution is 2.19. The molecule has 1 saturated heterocycles. The molecule has 1 aliphatic heterocycles. The summed E-state index contributed by atoms with van der Waals surface area (Å²) < 4.78 is 0. The molecule has 5 heteroatoms. The number of carbonyl (C=O) groups excluding carboxylic acids is 1. The van der Waals surface area contributed by atoms with Crippen molar-refractivity contribution >= 4 is 5.91 Å². The monoisotopic (exact) mass is 194 g/mol. The van der Waals surface area contributed by atoms with Gasteiger partial charge in [0, 0.05) is 6.54 Å². The Labute approximate surface area is 82.5 Å². The molecule has 0 bridgehead atoms. The van der Waals surface area contributed by atoms with Gasteiger partial charge < -0.3 is 9.88 Å². The van der Waals surface area contributed by atoms with Crippen molar-refractivity contribution < 1.29 is 4.79 Å². The number of nitrogens with zero attached hydrogens (tertiary/aromatic N) is 2. The van der Waals surface area contributed by atoms with Gasteiger partial charge in [-0.05, 0) is 6.42 Å². The minimum absolute atomic E-state index is 0.0232. The Hall–Kier alpha value is -1.36. The zero-order valence-electron chi connectivity index (χ0n) is 8.16. The van der Waals surface area contributed by atoms with Crippen molar-refractivity contribution in [2.75, 3.05) is 13.1 Å². The van der Waals surface area contributed by atoms with Crippen LogP contribution in [0.2, 0.25) is 0 Å². The number of hydrogen-bond acceptors (Lipinski definition) is 3. The van der Waals surface area contributed by atoms with E-state index in [-0.39, 0.29) is 12.1 Å². The van der Waals surface area contributed by atoms with Crippen LogP contribution in [0, 0.1) is 0 Å². The first-order chi connectivity index (χ1) is 6.83. The number of hydrogen-bond donors (Lipinski definition) is 2. The number of rotatable bonds is 3. The summed E-state index contributed by atoms with van der Waals surface area (Å²) in [7, 11) is 0. The molecule has 0 aromatic carbocycles. The first-order valence-electron chi connectivity index (χ1n) is 4.84. The van der Waals surface area contributed by atoms with Crippen LogP contribution in [0.4, 0.5) is 0 Å². The van der Waals surface area contributed by atoms with Gasteiger partial charge in [-0.25, -0.2) is 4.98 Å². The van der Waals surface area contributed by atoms with E-state index in [4.69, 9.17) is 0 Å². The predicted octanol–water partition coefficient (Wildman–Crippen LogP) is 0.250. The Kier molecular flexibility index (Phi) is 2.49. The van der Waals surface area contributed by atoms with Crippen molar-refractivity contribution in [2.24, 2.45) is 0 Å². The van der Waals surface area contributed by atoms with Gasteiger partial charge in [0.1, 0.15) is 6.17 Å². The molecule has 76 valence electrons. The molecule has 1 aliphatic rings. The lowest BCUT2D eigenvalue weighted by molar-refractivity contribution is -0.128. The standard InChI is InChI=1S/C9H14N4O/c1-2-3-13-8(14)5-11-9(13)7-4-10-6-12-7/h4,6,9,11H,2-3,5H2,1H3,(H,10,12). The maximum atomic E-state index is 11.5. The molecule has 1 fully saturated rings. The highest BCUT2D eigenvalue weighted by Gasteiger charge is 2.31. The first-order valence-corrected chi connectivity index (χ1v) is 4.84. The molecular formula is C9H14N4O. The smallest absolute Gasteiger partial charge is 0.238 e. The second-order valence-electron chi connectivity index (χ2n) is 3.38. The largest absolute Gasteiger partial charge is 0.346 e. The average Bonchev–Trinajstić information content (AvgIpc) is 2.77. The highest BCUT2D eigenvalue weighted by atomic mass is 16.2. The zero-order chi connectivity index (χ0) is 9.97. The van der Waals surface area contributed by atoms with Gasteiger partial charge >= 0.3 is 0 Å². The molecule has 1 aromatic rings. The Morgan fingerprint density at radius 2 is 2.57 bits per heavy atom. The number of carbonyl (C=O) groups is 1. The molecule has 1 aromatic heterocycles. The van der Waals surface area contributed by atoms with Gasteiger partial charge in [-0.3, -0.25) is 10.1 Å². The second-order valence-corrected chi connectivity index (χ2v) is 3.38. The van der Waals surface area contributed by atoms with Gasteiger partial charge in [-0.1, -0.05) is 6.92 Å². The molecular weight excluding hydrogens is 180 g/mol. The normalized spacial score (nSPS) is 21.9. The van der Waals surface area contributed by atoms with Gasteiger partial charge in [-0.2, -0.15) is 0 Å². The molecule has 0 radical (unpaired) electrons. The third kappa shape index (κ3) is 1.50. The lowest BCUT2D eigenvalue weighted by atomic mass is 10.3. The van der Waals surface area contributed by atoms with Crippen LogP contribution in [0.1, 0.15) is 25.2 Å². The minimum atomic E-state index is -0.0232. The van der Waals surface area contributed by atoms with Crippen molar-refractivity contribution in [3.05, 3.63) is 18.2 Å². The quantitative estimate of drug-likeness (QED) is 0.725. The Balaban J connectivity index is 2.15. The predicted molar refractivity (Wildman–Crippen MR) is 51.3 cm³/mol. The number of nitrogens with one attached hydrogen (secondary N) is 2. The molecule has 14 heavy (non-hydrogen) atoms. The fourth-order valence-electron chi connectivity index (χ4n) is 1.73. The highest BCUT2D eigenvalue weighted by molar-refractivity contribution is 5.80. The van der Waals surface area contributed by atoms with Crippen LogP contribution in [0.15, 0.2) is 12.5 Å². The summed E-state index contributed by atoms with van der Waals surface area (Å²) in [4.78, 5) is 20.3. The summed E-state index contributed by atoms with van der Waals surface area (Å²) in [5.41, 5.74) is 0.948. The third-order valence-electron chi connectivity index (χ3n) is 2.36. The van der Waals surface area contributed by atoms with E-state index in [0.717, 1.165) is 18.7 Å². The van der Waals surface area contributed by atoms with Crippen LogP contribution in [0.3, 0.4) is 0 Å². The summed E-state index contributed by atoms with van der Waals surface area (Å²) in [5, 5.41) is 3.15. The topological polar surface area (TPSA) is 61.0 Å². The fourth-order valence-corrected chi connectivity index (χ4v) is 1.73. The van der Waals surface area contributed by atoms with Crippen molar-refractivity contribution in [3.63, 3.8) is 0 Å². The Morgan fingerprint density at radius 1 is 1.71 bits per heavy atom. The van der Waals surface area contributed by atoms with Gasteiger partial charge in [0.25, 0.3) is 0 Å². The molecule has 1 amide bonds. The Bertz CT molecular complexity index is 309. The number of imidazole rings is 1. The summed E-state index contributed by atoms with van der Waals surface area (Å²) in [6, 6.07) is 0. The molecule has 2 N–H and O–H groups in total. The second kappa shape index (κ2) is 3.79. The van der Waals surface area contributed by atoms with Gasteiger partial charge in [0.2, 0.25) is 5.91 Å². The number of aromatic nitrogens is 2. The minimum Gasteiger partial charge on any atom is -0.346 e. The van der Waals surface area contributed by atoms with E-state index in [0.29, 0.717) is 6.54 Å². The zero-order valence-corrected chi connectivity index (χ0v) is 8.16. The summed E-state index contributed by atoms with van der Waals surface area (Å²) in [6.45, 7) is 3.27. The van der Waals surface area contributed by atoms with E-state index in [2.05, 4.69) is 22.2 Å². The molecule has 1 unspecified atom stereocenters. The Morgan fingerprint density at radius 3 is 3.21 bits per heavy atom. The number of amides is 1. The number of H-pyrrole nitrogens is 1. The summed E-state index contributed by atoms with van der Waals surface area (Å²) >= 11 is 0. The van der Waals surface area contributed by atoms with E-state index >= 15 is 0 Å². The maximum absolute atomic E-state index is 11.5. The average molecular weight is 194 g/mol. The van der Waals surface area contributed by atoms with Crippen LogP contribution in [0.5, 0.6) is 0 Å². The molecule has 2 heterocycles. The molecule has 1 atom stereocenters. The SMILES string of the molecule is CCCN1C(=O)CNC1c1cnc[nH]1. The van der Waals surface area contributed by atoms with Crippen molar-refractivity contribution in [2.45, 2.75) is 19.5 Å². The van der Waals surface area contributed by atoms with Gasteiger partial charge in [-0.15, -0.1) is 0 Å². The maximum Gasteiger partial charge on any atom is 0.238 e. The molecule has 0 spiro atoms. The first kappa shape index (κ1) is 9.21.